The maximum absolute atomic E-state index is 13.4. The molecule has 0 aliphatic heterocycles. The Labute approximate surface area is 112 Å². The molecular weight excluding hydrogens is 247 g/mol. The van der Waals surface area contributed by atoms with Gasteiger partial charge < -0.3 is 5.32 Å². The first kappa shape index (κ1) is 13.9. The van der Waals surface area contributed by atoms with E-state index >= 15 is 0 Å². The molecule has 1 aliphatic rings. The van der Waals surface area contributed by atoms with Crippen molar-refractivity contribution in [2.24, 2.45) is 5.92 Å². The maximum Gasteiger partial charge on any atom is 0.272 e. The molecule has 1 aliphatic carbocycles. The van der Waals surface area contributed by atoms with Crippen molar-refractivity contribution in [1.82, 2.24) is 5.32 Å². The number of nitro groups is 1. The molecule has 2 unspecified atom stereocenters. The number of hydrogen-bond acceptors (Lipinski definition) is 3. The third-order valence-electron chi connectivity index (χ3n) is 3.78. The first-order valence-electron chi connectivity index (χ1n) is 6.77. The summed E-state index contributed by atoms with van der Waals surface area (Å²) in [5, 5.41) is 14.2. The average molecular weight is 266 g/mol. The van der Waals surface area contributed by atoms with Gasteiger partial charge in [0.25, 0.3) is 5.69 Å². The highest BCUT2D eigenvalue weighted by Gasteiger charge is 2.27. The number of benzene rings is 1. The van der Waals surface area contributed by atoms with Crippen LogP contribution in [0.4, 0.5) is 10.1 Å². The first-order chi connectivity index (χ1) is 9.10. The van der Waals surface area contributed by atoms with Crippen molar-refractivity contribution in [3.63, 3.8) is 0 Å². The second-order valence-corrected chi connectivity index (χ2v) is 5.13. The lowest BCUT2D eigenvalue weighted by atomic mass is 9.94. The lowest BCUT2D eigenvalue weighted by molar-refractivity contribution is -0.385. The lowest BCUT2D eigenvalue weighted by Gasteiger charge is -2.20. The van der Waals surface area contributed by atoms with Crippen LogP contribution in [0.2, 0.25) is 0 Å². The highest BCUT2D eigenvalue weighted by molar-refractivity contribution is 5.35. The van der Waals surface area contributed by atoms with E-state index in [0.717, 1.165) is 31.0 Å². The van der Waals surface area contributed by atoms with Crippen LogP contribution in [0.15, 0.2) is 18.2 Å². The Morgan fingerprint density at radius 2 is 2.21 bits per heavy atom. The Kier molecular flexibility index (Phi) is 4.47. The zero-order valence-electron chi connectivity index (χ0n) is 11.1. The van der Waals surface area contributed by atoms with Crippen LogP contribution in [-0.4, -0.2) is 17.5 Å². The first-order valence-corrected chi connectivity index (χ1v) is 6.77. The number of halogens is 1. The SMILES string of the molecule is CCNC1CCCC1Cc1cc(F)cc([N+](=O)[O-])c1. The van der Waals surface area contributed by atoms with Crippen LogP contribution >= 0.6 is 0 Å². The molecule has 0 bridgehead atoms. The zero-order valence-corrected chi connectivity index (χ0v) is 11.1. The average Bonchev–Trinajstić information content (AvgIpc) is 2.76. The van der Waals surface area contributed by atoms with Crippen molar-refractivity contribution >= 4 is 5.69 Å². The van der Waals surface area contributed by atoms with E-state index in [1.165, 1.54) is 18.6 Å². The van der Waals surface area contributed by atoms with Gasteiger partial charge in [-0.25, -0.2) is 4.39 Å². The van der Waals surface area contributed by atoms with E-state index < -0.39 is 10.7 Å². The van der Waals surface area contributed by atoms with Gasteiger partial charge in [0.2, 0.25) is 0 Å². The number of non-ortho nitro benzene ring substituents is 1. The van der Waals surface area contributed by atoms with Gasteiger partial charge in [-0.1, -0.05) is 13.3 Å². The van der Waals surface area contributed by atoms with Crippen molar-refractivity contribution < 1.29 is 9.31 Å². The van der Waals surface area contributed by atoms with E-state index in [2.05, 4.69) is 12.2 Å². The van der Waals surface area contributed by atoms with Crippen molar-refractivity contribution in [1.29, 1.82) is 0 Å². The Bertz CT molecular complexity index is 465. The predicted octanol–water partition coefficient (Wildman–Crippen LogP) is 3.05. The molecule has 2 rings (SSSR count). The van der Waals surface area contributed by atoms with E-state index in [-0.39, 0.29) is 5.69 Å². The van der Waals surface area contributed by atoms with Gasteiger partial charge in [0, 0.05) is 12.1 Å². The summed E-state index contributed by atoms with van der Waals surface area (Å²) in [5.74, 6) is -0.0800. The van der Waals surface area contributed by atoms with Gasteiger partial charge in [-0.3, -0.25) is 10.1 Å². The molecule has 5 heteroatoms. The molecule has 1 aromatic rings. The van der Waals surface area contributed by atoms with Gasteiger partial charge in [0.15, 0.2) is 0 Å². The summed E-state index contributed by atoms with van der Waals surface area (Å²) in [4.78, 5) is 10.2. The maximum atomic E-state index is 13.4. The highest BCUT2D eigenvalue weighted by Crippen LogP contribution is 2.30. The summed E-state index contributed by atoms with van der Waals surface area (Å²) >= 11 is 0. The number of rotatable bonds is 5. The predicted molar refractivity (Wildman–Crippen MR) is 71.6 cm³/mol. The van der Waals surface area contributed by atoms with Crippen LogP contribution < -0.4 is 5.32 Å². The molecule has 2 atom stereocenters. The Balaban J connectivity index is 2.12. The Morgan fingerprint density at radius 3 is 2.89 bits per heavy atom. The van der Waals surface area contributed by atoms with Crippen LogP contribution in [0.3, 0.4) is 0 Å². The molecule has 0 saturated heterocycles. The highest BCUT2D eigenvalue weighted by atomic mass is 19.1. The van der Waals surface area contributed by atoms with E-state index in [9.17, 15) is 14.5 Å². The molecule has 1 saturated carbocycles. The van der Waals surface area contributed by atoms with Crippen LogP contribution in [0.1, 0.15) is 31.7 Å². The summed E-state index contributed by atoms with van der Waals surface area (Å²) < 4.78 is 13.4. The Hall–Kier alpha value is -1.49. The number of nitrogens with one attached hydrogen (secondary N) is 1. The Morgan fingerprint density at radius 1 is 1.42 bits per heavy atom. The summed E-state index contributed by atoms with van der Waals surface area (Å²) in [6.07, 6.45) is 4.11. The number of nitrogens with zero attached hydrogens (tertiary/aromatic N) is 1. The molecule has 1 aromatic carbocycles. The molecule has 1 N–H and O–H groups in total. The van der Waals surface area contributed by atoms with Crippen molar-refractivity contribution in [3.8, 4) is 0 Å². The monoisotopic (exact) mass is 266 g/mol. The second kappa shape index (κ2) is 6.10. The van der Waals surface area contributed by atoms with E-state index in [1.807, 2.05) is 0 Å². The fourth-order valence-corrected chi connectivity index (χ4v) is 2.97. The minimum atomic E-state index is -0.539. The largest absolute Gasteiger partial charge is 0.314 e. The minimum Gasteiger partial charge on any atom is -0.314 e. The second-order valence-electron chi connectivity index (χ2n) is 5.13. The summed E-state index contributed by atoms with van der Waals surface area (Å²) in [6.45, 7) is 2.99. The standard InChI is InChI=1S/C14H19FN2O2/c1-2-16-14-5-3-4-11(14)6-10-7-12(15)9-13(8-10)17(18)19/h7-9,11,14,16H,2-6H2,1H3. The zero-order chi connectivity index (χ0) is 13.8. The molecule has 0 aromatic heterocycles. The van der Waals surface area contributed by atoms with Gasteiger partial charge in [-0.05, 0) is 43.4 Å². The fourth-order valence-electron chi connectivity index (χ4n) is 2.97. The molecule has 19 heavy (non-hydrogen) atoms. The van der Waals surface area contributed by atoms with Crippen LogP contribution in [0.5, 0.6) is 0 Å². The lowest BCUT2D eigenvalue weighted by Crippen LogP contribution is -2.33. The molecule has 4 nitrogen and oxygen atoms in total. The molecule has 0 radical (unpaired) electrons. The van der Waals surface area contributed by atoms with Crippen molar-refractivity contribution in [2.45, 2.75) is 38.6 Å². The normalized spacial score (nSPS) is 22.6. The quantitative estimate of drug-likeness (QED) is 0.658. The van der Waals surface area contributed by atoms with Gasteiger partial charge >= 0.3 is 0 Å². The molecule has 0 amide bonds. The van der Waals surface area contributed by atoms with Crippen LogP contribution in [-0.2, 0) is 6.42 Å². The third-order valence-corrected chi connectivity index (χ3v) is 3.78. The van der Waals surface area contributed by atoms with E-state index in [1.54, 1.807) is 0 Å². The van der Waals surface area contributed by atoms with Gasteiger partial charge in [-0.15, -0.1) is 0 Å². The minimum absolute atomic E-state index is 0.159. The smallest absolute Gasteiger partial charge is 0.272 e. The van der Waals surface area contributed by atoms with Gasteiger partial charge in [0.1, 0.15) is 5.82 Å². The summed E-state index contributed by atoms with van der Waals surface area (Å²) in [7, 11) is 0. The van der Waals surface area contributed by atoms with Gasteiger partial charge in [0.05, 0.1) is 11.0 Å². The van der Waals surface area contributed by atoms with E-state index in [0.29, 0.717) is 18.4 Å². The molecule has 0 spiro atoms. The fraction of sp³-hybridized carbons (Fsp3) is 0.571. The van der Waals surface area contributed by atoms with Crippen molar-refractivity contribution in [2.75, 3.05) is 6.54 Å². The topological polar surface area (TPSA) is 55.2 Å². The number of hydrogen-bond donors (Lipinski definition) is 1. The van der Waals surface area contributed by atoms with Crippen LogP contribution in [0.25, 0.3) is 0 Å². The third kappa shape index (κ3) is 3.50. The van der Waals surface area contributed by atoms with Crippen LogP contribution in [0, 0.1) is 21.8 Å². The summed E-state index contributed by atoms with van der Waals surface area (Å²) in [5.41, 5.74) is 0.564. The van der Waals surface area contributed by atoms with E-state index in [4.69, 9.17) is 0 Å². The molecular formula is C14H19FN2O2. The van der Waals surface area contributed by atoms with Gasteiger partial charge in [-0.2, -0.15) is 0 Å². The summed E-state index contributed by atoms with van der Waals surface area (Å²) in [6, 6.07) is 4.32. The molecule has 1 fully saturated rings. The molecule has 104 valence electrons. The number of nitro benzene ring substituents is 1. The van der Waals surface area contributed by atoms with Crippen molar-refractivity contribution in [3.05, 3.63) is 39.7 Å². The molecule has 0 heterocycles.